The molecule has 96 valence electrons. The van der Waals surface area contributed by atoms with Gasteiger partial charge in [0.15, 0.2) is 5.13 Å². The fourth-order valence-corrected chi connectivity index (χ4v) is 3.38. The Morgan fingerprint density at radius 1 is 1.35 bits per heavy atom. The molecule has 0 bridgehead atoms. The first-order chi connectivity index (χ1) is 8.18. The molecule has 1 heterocycles. The Kier molecular flexibility index (Phi) is 4.40. The van der Waals surface area contributed by atoms with E-state index >= 15 is 0 Å². The van der Waals surface area contributed by atoms with Gasteiger partial charge in [-0.15, -0.1) is 11.3 Å². The van der Waals surface area contributed by atoms with E-state index < -0.39 is 6.10 Å². The average molecular weight is 254 g/mol. The lowest BCUT2D eigenvalue weighted by Gasteiger charge is -2.26. The van der Waals surface area contributed by atoms with Gasteiger partial charge in [-0.2, -0.15) is 0 Å². The molecular formula is C13H22N2OS. The van der Waals surface area contributed by atoms with Gasteiger partial charge < -0.3 is 10.0 Å². The molecule has 17 heavy (non-hydrogen) atoms. The third-order valence-electron chi connectivity index (χ3n) is 3.61. The molecule has 1 aromatic rings. The van der Waals surface area contributed by atoms with E-state index in [1.54, 1.807) is 18.3 Å². The number of aliphatic hydroxyl groups is 1. The zero-order chi connectivity index (χ0) is 12.3. The molecule has 1 N–H and O–H groups in total. The van der Waals surface area contributed by atoms with Gasteiger partial charge >= 0.3 is 0 Å². The van der Waals surface area contributed by atoms with Crippen LogP contribution in [0, 0.1) is 0 Å². The summed E-state index contributed by atoms with van der Waals surface area (Å²) in [6.45, 7) is 1.77. The molecule has 0 aliphatic heterocycles. The predicted octanol–water partition coefficient (Wildman–Crippen LogP) is 3.36. The van der Waals surface area contributed by atoms with Gasteiger partial charge in [-0.05, 0) is 19.8 Å². The molecule has 2 rings (SSSR count). The van der Waals surface area contributed by atoms with Crippen LogP contribution in [0.4, 0.5) is 5.13 Å². The van der Waals surface area contributed by atoms with Crippen LogP contribution in [0.1, 0.15) is 57.2 Å². The summed E-state index contributed by atoms with van der Waals surface area (Å²) in [5.74, 6) is 0. The van der Waals surface area contributed by atoms with E-state index in [4.69, 9.17) is 0 Å². The lowest BCUT2D eigenvalue weighted by Crippen LogP contribution is -2.30. The van der Waals surface area contributed by atoms with Crippen LogP contribution in [0.25, 0.3) is 0 Å². The summed E-state index contributed by atoms with van der Waals surface area (Å²) in [5, 5.41) is 12.5. The molecule has 0 radical (unpaired) electrons. The summed E-state index contributed by atoms with van der Waals surface area (Å²) in [6.07, 6.45) is 7.53. The van der Waals surface area contributed by atoms with Crippen molar-refractivity contribution in [3.63, 3.8) is 0 Å². The van der Waals surface area contributed by atoms with Crippen molar-refractivity contribution >= 4 is 16.5 Å². The molecule has 0 saturated heterocycles. The summed E-state index contributed by atoms with van der Waals surface area (Å²) < 4.78 is 0. The minimum Gasteiger partial charge on any atom is -0.387 e. The van der Waals surface area contributed by atoms with Gasteiger partial charge in [0.1, 0.15) is 0 Å². The minimum atomic E-state index is -0.456. The highest BCUT2D eigenvalue weighted by Gasteiger charge is 2.20. The van der Waals surface area contributed by atoms with Crippen molar-refractivity contribution in [1.29, 1.82) is 0 Å². The monoisotopic (exact) mass is 254 g/mol. The summed E-state index contributed by atoms with van der Waals surface area (Å²) in [7, 11) is 2.14. The number of rotatable bonds is 3. The molecule has 1 aliphatic rings. The Balaban J connectivity index is 2.03. The molecular weight excluding hydrogens is 232 g/mol. The number of hydrogen-bond donors (Lipinski definition) is 1. The van der Waals surface area contributed by atoms with Crippen molar-refractivity contribution in [1.82, 2.24) is 4.98 Å². The van der Waals surface area contributed by atoms with E-state index in [-0.39, 0.29) is 0 Å². The number of aliphatic hydroxyl groups excluding tert-OH is 1. The number of anilines is 1. The second-order valence-electron chi connectivity index (χ2n) is 4.99. The predicted molar refractivity (Wildman–Crippen MR) is 72.6 cm³/mol. The highest BCUT2D eigenvalue weighted by atomic mass is 32.1. The van der Waals surface area contributed by atoms with Gasteiger partial charge in [0.25, 0.3) is 0 Å². The molecule has 1 unspecified atom stereocenters. The van der Waals surface area contributed by atoms with Crippen LogP contribution in [0.3, 0.4) is 0 Å². The van der Waals surface area contributed by atoms with E-state index in [0.29, 0.717) is 6.04 Å². The molecule has 0 spiro atoms. The number of thiazole rings is 1. The first-order valence-corrected chi connectivity index (χ1v) is 7.43. The normalized spacial score (nSPS) is 19.9. The fourth-order valence-electron chi connectivity index (χ4n) is 2.43. The first kappa shape index (κ1) is 12.8. The highest BCUT2D eigenvalue weighted by molar-refractivity contribution is 7.13. The summed E-state index contributed by atoms with van der Waals surface area (Å²) >= 11 is 1.64. The van der Waals surface area contributed by atoms with Crippen molar-refractivity contribution in [3.8, 4) is 0 Å². The Hall–Kier alpha value is -0.610. The lowest BCUT2D eigenvalue weighted by molar-refractivity contribution is 0.195. The second-order valence-corrected chi connectivity index (χ2v) is 5.82. The fraction of sp³-hybridized carbons (Fsp3) is 0.769. The van der Waals surface area contributed by atoms with Crippen LogP contribution in [-0.2, 0) is 0 Å². The SMILES string of the molecule is CC(O)c1csc(N(C)C2CCCCCC2)n1. The van der Waals surface area contributed by atoms with Crippen molar-refractivity contribution in [2.75, 3.05) is 11.9 Å². The van der Waals surface area contributed by atoms with Crippen molar-refractivity contribution < 1.29 is 5.11 Å². The Morgan fingerprint density at radius 2 is 2.00 bits per heavy atom. The van der Waals surface area contributed by atoms with Crippen LogP contribution in [0.15, 0.2) is 5.38 Å². The maximum atomic E-state index is 9.50. The molecule has 1 aliphatic carbocycles. The molecule has 4 heteroatoms. The van der Waals surface area contributed by atoms with Gasteiger partial charge in [-0.25, -0.2) is 4.98 Å². The van der Waals surface area contributed by atoms with Gasteiger partial charge in [-0.3, -0.25) is 0 Å². The molecule has 1 fully saturated rings. The Morgan fingerprint density at radius 3 is 2.53 bits per heavy atom. The van der Waals surface area contributed by atoms with E-state index in [2.05, 4.69) is 16.9 Å². The smallest absolute Gasteiger partial charge is 0.185 e. The molecule has 1 atom stereocenters. The van der Waals surface area contributed by atoms with Gasteiger partial charge in [0, 0.05) is 18.5 Å². The van der Waals surface area contributed by atoms with E-state index in [1.165, 1.54) is 38.5 Å². The third-order valence-corrected chi connectivity index (χ3v) is 4.56. The van der Waals surface area contributed by atoms with Crippen molar-refractivity contribution in [2.45, 2.75) is 57.6 Å². The van der Waals surface area contributed by atoms with E-state index in [1.807, 2.05) is 5.38 Å². The lowest BCUT2D eigenvalue weighted by atomic mass is 10.1. The molecule has 3 nitrogen and oxygen atoms in total. The summed E-state index contributed by atoms with van der Waals surface area (Å²) in [4.78, 5) is 6.82. The molecule has 0 amide bonds. The topological polar surface area (TPSA) is 36.4 Å². The van der Waals surface area contributed by atoms with Crippen LogP contribution in [-0.4, -0.2) is 23.2 Å². The largest absolute Gasteiger partial charge is 0.387 e. The van der Waals surface area contributed by atoms with E-state index in [0.717, 1.165) is 10.8 Å². The summed E-state index contributed by atoms with van der Waals surface area (Å²) in [5.41, 5.74) is 0.797. The van der Waals surface area contributed by atoms with Gasteiger partial charge in [0.2, 0.25) is 0 Å². The zero-order valence-corrected chi connectivity index (χ0v) is 11.5. The highest BCUT2D eigenvalue weighted by Crippen LogP contribution is 2.29. The van der Waals surface area contributed by atoms with Crippen LogP contribution in [0.5, 0.6) is 0 Å². The number of hydrogen-bond acceptors (Lipinski definition) is 4. The van der Waals surface area contributed by atoms with Crippen LogP contribution >= 0.6 is 11.3 Å². The number of aromatic nitrogens is 1. The Bertz CT molecular complexity index is 343. The quantitative estimate of drug-likeness (QED) is 0.840. The van der Waals surface area contributed by atoms with Crippen LogP contribution in [0.2, 0.25) is 0 Å². The summed E-state index contributed by atoms with van der Waals surface area (Å²) in [6, 6.07) is 0.630. The maximum absolute atomic E-state index is 9.50. The zero-order valence-electron chi connectivity index (χ0n) is 10.7. The van der Waals surface area contributed by atoms with E-state index in [9.17, 15) is 5.11 Å². The number of nitrogens with zero attached hydrogens (tertiary/aromatic N) is 2. The van der Waals surface area contributed by atoms with Crippen molar-refractivity contribution in [3.05, 3.63) is 11.1 Å². The minimum absolute atomic E-state index is 0.456. The average Bonchev–Trinajstić information content (AvgIpc) is 2.65. The second kappa shape index (κ2) is 5.83. The third kappa shape index (κ3) is 3.19. The van der Waals surface area contributed by atoms with Gasteiger partial charge in [-0.1, -0.05) is 25.7 Å². The maximum Gasteiger partial charge on any atom is 0.185 e. The molecule has 1 aromatic heterocycles. The molecule has 1 saturated carbocycles. The standard InChI is InChI=1S/C13H22N2OS/c1-10(16)12-9-17-13(14-12)15(2)11-7-5-3-4-6-8-11/h9-11,16H,3-8H2,1-2H3. The first-order valence-electron chi connectivity index (χ1n) is 6.55. The van der Waals surface area contributed by atoms with Crippen molar-refractivity contribution in [2.24, 2.45) is 0 Å². The van der Waals surface area contributed by atoms with Gasteiger partial charge in [0.05, 0.1) is 11.8 Å². The Labute approximate surface area is 107 Å². The van der Waals surface area contributed by atoms with Crippen LogP contribution < -0.4 is 4.90 Å². The molecule has 0 aromatic carbocycles.